The van der Waals surface area contributed by atoms with E-state index >= 15 is 0 Å². The van der Waals surface area contributed by atoms with E-state index in [1.54, 1.807) is 0 Å². The summed E-state index contributed by atoms with van der Waals surface area (Å²) in [6.07, 6.45) is 12.0. The minimum atomic E-state index is 0.700. The lowest BCUT2D eigenvalue weighted by molar-refractivity contribution is 0.143. The lowest BCUT2D eigenvalue weighted by Crippen LogP contribution is -2.48. The Morgan fingerprint density at radius 1 is 1.20 bits per heavy atom. The van der Waals surface area contributed by atoms with E-state index < -0.39 is 0 Å². The summed E-state index contributed by atoms with van der Waals surface area (Å²) < 4.78 is 0. The third-order valence-electron chi connectivity index (χ3n) is 5.30. The zero-order valence-corrected chi connectivity index (χ0v) is 14.6. The Kier molecular flexibility index (Phi) is 7.20. The first kappa shape index (κ1) is 16.6. The van der Waals surface area contributed by atoms with Gasteiger partial charge in [0, 0.05) is 23.9 Å². The fourth-order valence-corrected chi connectivity index (χ4v) is 4.74. The third-order valence-corrected chi connectivity index (χ3v) is 6.43. The topological polar surface area (TPSA) is 15.3 Å². The van der Waals surface area contributed by atoms with Crippen molar-refractivity contribution >= 4 is 11.8 Å². The van der Waals surface area contributed by atoms with Crippen LogP contribution in [0.2, 0.25) is 0 Å². The average Bonchev–Trinajstić information content (AvgIpc) is 2.48. The monoisotopic (exact) mass is 298 g/mol. The second-order valence-electron chi connectivity index (χ2n) is 6.87. The second-order valence-corrected chi connectivity index (χ2v) is 8.01. The van der Waals surface area contributed by atoms with Crippen LogP contribution in [0.15, 0.2) is 0 Å². The number of hydrogen-bond acceptors (Lipinski definition) is 3. The van der Waals surface area contributed by atoms with Crippen molar-refractivity contribution in [1.29, 1.82) is 0 Å². The van der Waals surface area contributed by atoms with Gasteiger partial charge in [-0.15, -0.1) is 0 Å². The van der Waals surface area contributed by atoms with Gasteiger partial charge in [0.15, 0.2) is 0 Å². The molecule has 2 nitrogen and oxygen atoms in total. The maximum Gasteiger partial charge on any atom is 0.00818 e. The van der Waals surface area contributed by atoms with Gasteiger partial charge in [-0.05, 0) is 77.1 Å². The van der Waals surface area contributed by atoms with Crippen LogP contribution >= 0.6 is 11.8 Å². The predicted molar refractivity (Wildman–Crippen MR) is 91.6 cm³/mol. The highest BCUT2D eigenvalue weighted by molar-refractivity contribution is 7.99. The van der Waals surface area contributed by atoms with Gasteiger partial charge in [0.25, 0.3) is 0 Å². The van der Waals surface area contributed by atoms with Crippen molar-refractivity contribution in [1.82, 2.24) is 10.2 Å². The van der Waals surface area contributed by atoms with Gasteiger partial charge in [0.05, 0.1) is 0 Å². The Hall–Kier alpha value is 0.270. The van der Waals surface area contributed by atoms with Crippen LogP contribution in [-0.4, -0.2) is 48.1 Å². The molecular formula is C17H34N2S. The molecule has 1 saturated carbocycles. The number of nitrogens with zero attached hydrogens (tertiary/aromatic N) is 1. The first-order valence-electron chi connectivity index (χ1n) is 8.74. The predicted octanol–water partition coefficient (Wildman–Crippen LogP) is 3.76. The van der Waals surface area contributed by atoms with E-state index in [0.717, 1.165) is 17.2 Å². The maximum atomic E-state index is 3.96. The number of piperidine rings is 1. The van der Waals surface area contributed by atoms with Crippen molar-refractivity contribution in [3.63, 3.8) is 0 Å². The Bertz CT molecular complexity index is 262. The van der Waals surface area contributed by atoms with Crippen molar-refractivity contribution in [2.24, 2.45) is 5.92 Å². The number of thioether (sulfide) groups is 1. The van der Waals surface area contributed by atoms with Crippen molar-refractivity contribution in [3.05, 3.63) is 0 Å². The minimum absolute atomic E-state index is 0.700. The van der Waals surface area contributed by atoms with E-state index in [-0.39, 0.29) is 0 Å². The molecule has 0 radical (unpaired) electrons. The fraction of sp³-hybridized carbons (Fsp3) is 1.00. The molecule has 118 valence electrons. The molecule has 1 aliphatic carbocycles. The lowest BCUT2D eigenvalue weighted by atomic mass is 9.89. The number of likely N-dealkylation sites (tertiary alicyclic amines) is 1. The van der Waals surface area contributed by atoms with Gasteiger partial charge >= 0.3 is 0 Å². The van der Waals surface area contributed by atoms with Gasteiger partial charge in [-0.1, -0.05) is 6.92 Å². The first-order valence-corrected chi connectivity index (χ1v) is 10.0. The Morgan fingerprint density at radius 3 is 2.60 bits per heavy atom. The highest BCUT2D eigenvalue weighted by atomic mass is 32.2. The molecule has 0 aromatic rings. The van der Waals surface area contributed by atoms with E-state index in [0.29, 0.717) is 6.04 Å². The highest BCUT2D eigenvalue weighted by Crippen LogP contribution is 2.28. The zero-order valence-electron chi connectivity index (χ0n) is 13.7. The van der Waals surface area contributed by atoms with Crippen molar-refractivity contribution in [3.8, 4) is 0 Å². The van der Waals surface area contributed by atoms with Gasteiger partial charge < -0.3 is 10.2 Å². The van der Waals surface area contributed by atoms with Crippen molar-refractivity contribution < 1.29 is 0 Å². The quantitative estimate of drug-likeness (QED) is 0.804. The standard InChI is InChI=1S/C17H34N2S/c1-4-11-19-12-5-6-15(13-19)14(2)18-16-7-9-17(20-3)10-8-16/h14-18H,4-13H2,1-3H3. The van der Waals surface area contributed by atoms with E-state index in [1.807, 2.05) is 0 Å². The number of rotatable bonds is 6. The van der Waals surface area contributed by atoms with Gasteiger partial charge in [-0.3, -0.25) is 0 Å². The molecule has 2 unspecified atom stereocenters. The largest absolute Gasteiger partial charge is 0.311 e. The molecule has 1 saturated heterocycles. The Morgan fingerprint density at radius 2 is 1.95 bits per heavy atom. The van der Waals surface area contributed by atoms with Crippen LogP contribution in [0.1, 0.15) is 58.8 Å². The Balaban J connectivity index is 1.72. The van der Waals surface area contributed by atoms with Crippen LogP contribution in [0, 0.1) is 5.92 Å². The summed E-state index contributed by atoms with van der Waals surface area (Å²) in [4.78, 5) is 2.68. The summed E-state index contributed by atoms with van der Waals surface area (Å²) in [6.45, 7) is 8.68. The molecular weight excluding hydrogens is 264 g/mol. The molecule has 1 heterocycles. The summed E-state index contributed by atoms with van der Waals surface area (Å²) in [5.74, 6) is 0.869. The third kappa shape index (κ3) is 4.92. The Labute approximate surface area is 130 Å². The summed E-state index contributed by atoms with van der Waals surface area (Å²) in [6, 6.07) is 1.49. The molecule has 1 N–H and O–H groups in total. The molecule has 0 spiro atoms. The molecule has 1 aliphatic heterocycles. The molecule has 0 aromatic carbocycles. The summed E-state index contributed by atoms with van der Waals surface area (Å²) in [5, 5.41) is 4.89. The first-order chi connectivity index (χ1) is 9.72. The van der Waals surface area contributed by atoms with Crippen LogP contribution in [-0.2, 0) is 0 Å². The zero-order chi connectivity index (χ0) is 14.4. The molecule has 2 rings (SSSR count). The smallest absolute Gasteiger partial charge is 0.00818 e. The number of hydrogen-bond donors (Lipinski definition) is 1. The van der Waals surface area contributed by atoms with Crippen molar-refractivity contribution in [2.75, 3.05) is 25.9 Å². The van der Waals surface area contributed by atoms with Crippen LogP contribution in [0.3, 0.4) is 0 Å². The highest BCUT2D eigenvalue weighted by Gasteiger charge is 2.27. The molecule has 0 bridgehead atoms. The lowest BCUT2D eigenvalue weighted by Gasteiger charge is -2.38. The van der Waals surface area contributed by atoms with E-state index in [2.05, 4.69) is 42.1 Å². The SMILES string of the molecule is CCCN1CCCC(C(C)NC2CCC(SC)CC2)C1. The average molecular weight is 299 g/mol. The molecule has 2 aliphatic rings. The van der Waals surface area contributed by atoms with E-state index in [1.165, 1.54) is 64.6 Å². The summed E-state index contributed by atoms with van der Waals surface area (Å²) in [5.41, 5.74) is 0. The normalized spacial score (nSPS) is 34.0. The van der Waals surface area contributed by atoms with Crippen LogP contribution in [0.25, 0.3) is 0 Å². The van der Waals surface area contributed by atoms with E-state index in [9.17, 15) is 0 Å². The van der Waals surface area contributed by atoms with Crippen LogP contribution in [0.5, 0.6) is 0 Å². The van der Waals surface area contributed by atoms with Gasteiger partial charge in [-0.2, -0.15) is 11.8 Å². The molecule has 0 amide bonds. The maximum absolute atomic E-state index is 3.96. The molecule has 2 fully saturated rings. The minimum Gasteiger partial charge on any atom is -0.311 e. The van der Waals surface area contributed by atoms with Gasteiger partial charge in [-0.25, -0.2) is 0 Å². The molecule has 2 atom stereocenters. The van der Waals surface area contributed by atoms with Crippen molar-refractivity contribution in [2.45, 2.75) is 76.1 Å². The molecule has 0 aromatic heterocycles. The molecule has 20 heavy (non-hydrogen) atoms. The summed E-state index contributed by atoms with van der Waals surface area (Å²) >= 11 is 2.07. The van der Waals surface area contributed by atoms with Gasteiger partial charge in [0.2, 0.25) is 0 Å². The van der Waals surface area contributed by atoms with Crippen LogP contribution in [0.4, 0.5) is 0 Å². The van der Waals surface area contributed by atoms with Crippen LogP contribution < -0.4 is 5.32 Å². The number of nitrogens with one attached hydrogen (secondary N) is 1. The van der Waals surface area contributed by atoms with E-state index in [4.69, 9.17) is 0 Å². The molecule has 3 heteroatoms. The van der Waals surface area contributed by atoms with Gasteiger partial charge in [0.1, 0.15) is 0 Å². The summed E-state index contributed by atoms with van der Waals surface area (Å²) in [7, 11) is 0. The second kappa shape index (κ2) is 8.65. The fourth-order valence-electron chi connectivity index (χ4n) is 3.99.